The molecule has 0 saturated carbocycles. The average Bonchev–Trinajstić information content (AvgIpc) is 2.51. The Balaban J connectivity index is 2.20. The van der Waals surface area contributed by atoms with Crippen LogP contribution in [-0.2, 0) is 9.84 Å². The Morgan fingerprint density at radius 2 is 1.95 bits per heavy atom. The number of hydrogen-bond donors (Lipinski definition) is 2. The molecule has 0 radical (unpaired) electrons. The van der Waals surface area contributed by atoms with Crippen LogP contribution in [0.4, 0.5) is 0 Å². The molecule has 2 rings (SSSR count). The maximum atomic E-state index is 12.1. The Kier molecular flexibility index (Phi) is 5.07. The zero-order valence-electron chi connectivity index (χ0n) is 12.8. The third-order valence-corrected chi connectivity index (χ3v) is 6.68. The predicted molar refractivity (Wildman–Crippen MR) is 84.0 cm³/mol. The first-order chi connectivity index (χ1) is 9.98. The minimum absolute atomic E-state index is 0.0498. The summed E-state index contributed by atoms with van der Waals surface area (Å²) in [7, 11) is -3.13. The fraction of sp³-hybridized carbons (Fsp3) is 0.625. The summed E-state index contributed by atoms with van der Waals surface area (Å²) in [6.45, 7) is 5.02. The second-order valence-corrected chi connectivity index (χ2v) is 8.02. The molecular weight excluding hydrogens is 286 g/mol. The van der Waals surface area contributed by atoms with Crippen LogP contribution >= 0.6 is 0 Å². The van der Waals surface area contributed by atoms with Gasteiger partial charge in [0, 0.05) is 24.6 Å². The molecule has 0 fully saturated rings. The summed E-state index contributed by atoms with van der Waals surface area (Å²) in [4.78, 5) is 0.455. The molecule has 0 bridgehead atoms. The van der Waals surface area contributed by atoms with Crippen LogP contribution in [0.1, 0.15) is 44.7 Å². The van der Waals surface area contributed by atoms with Gasteiger partial charge in [0.2, 0.25) is 0 Å². The van der Waals surface area contributed by atoms with Crippen LogP contribution in [0.5, 0.6) is 0 Å². The van der Waals surface area contributed by atoms with Crippen molar-refractivity contribution >= 4 is 9.84 Å². The maximum absolute atomic E-state index is 12.1. The van der Waals surface area contributed by atoms with Gasteiger partial charge in [-0.3, -0.25) is 0 Å². The van der Waals surface area contributed by atoms with Crippen molar-refractivity contribution < 1.29 is 13.5 Å². The molecule has 21 heavy (non-hydrogen) atoms. The third kappa shape index (κ3) is 3.30. The van der Waals surface area contributed by atoms with Crippen molar-refractivity contribution in [3.8, 4) is 0 Å². The minimum Gasteiger partial charge on any atom is -0.396 e. The number of fused-ring (bicyclic) bond motifs is 1. The molecule has 1 aromatic rings. The molecule has 118 valence electrons. The lowest BCUT2D eigenvalue weighted by Gasteiger charge is -2.34. The van der Waals surface area contributed by atoms with Gasteiger partial charge in [-0.1, -0.05) is 32.0 Å². The van der Waals surface area contributed by atoms with Crippen LogP contribution in [0.25, 0.3) is 0 Å². The minimum atomic E-state index is -3.13. The van der Waals surface area contributed by atoms with E-state index in [0.29, 0.717) is 17.9 Å². The van der Waals surface area contributed by atoms with E-state index in [4.69, 9.17) is 0 Å². The average molecular weight is 311 g/mol. The van der Waals surface area contributed by atoms with Crippen molar-refractivity contribution in [3.05, 3.63) is 29.8 Å². The van der Waals surface area contributed by atoms with Gasteiger partial charge < -0.3 is 10.4 Å². The molecule has 0 amide bonds. The Morgan fingerprint density at radius 3 is 2.57 bits per heavy atom. The lowest BCUT2D eigenvalue weighted by atomic mass is 9.83. The number of sulfone groups is 1. The molecule has 0 aromatic heterocycles. The zero-order chi connectivity index (χ0) is 15.5. The molecule has 1 atom stereocenters. The molecule has 2 N–H and O–H groups in total. The predicted octanol–water partition coefficient (Wildman–Crippen LogP) is 2.29. The highest BCUT2D eigenvalue weighted by atomic mass is 32.2. The second-order valence-electron chi connectivity index (χ2n) is 5.94. The van der Waals surface area contributed by atoms with Crippen molar-refractivity contribution in [1.29, 1.82) is 0 Å². The molecular formula is C16H25NO3S. The van der Waals surface area contributed by atoms with Crippen LogP contribution in [0, 0.1) is 5.41 Å². The first-order valence-corrected chi connectivity index (χ1v) is 9.29. The van der Waals surface area contributed by atoms with Gasteiger partial charge in [-0.05, 0) is 30.9 Å². The van der Waals surface area contributed by atoms with E-state index >= 15 is 0 Å². The monoisotopic (exact) mass is 311 g/mol. The van der Waals surface area contributed by atoms with Gasteiger partial charge in [0.05, 0.1) is 10.6 Å². The quantitative estimate of drug-likeness (QED) is 0.846. The van der Waals surface area contributed by atoms with Gasteiger partial charge in [0.25, 0.3) is 0 Å². The molecule has 1 aromatic carbocycles. The van der Waals surface area contributed by atoms with Crippen molar-refractivity contribution in [2.45, 2.75) is 44.0 Å². The van der Waals surface area contributed by atoms with Gasteiger partial charge in [-0.2, -0.15) is 0 Å². The maximum Gasteiger partial charge on any atom is 0.178 e. The first-order valence-electron chi connectivity index (χ1n) is 7.64. The van der Waals surface area contributed by atoms with Crippen molar-refractivity contribution in [3.63, 3.8) is 0 Å². The van der Waals surface area contributed by atoms with E-state index in [-0.39, 0.29) is 23.8 Å². The Hall–Kier alpha value is -0.910. The summed E-state index contributed by atoms with van der Waals surface area (Å²) in [6, 6.07) is 7.29. The molecule has 5 heteroatoms. The molecule has 1 unspecified atom stereocenters. The molecule has 1 aliphatic heterocycles. The van der Waals surface area contributed by atoms with Crippen molar-refractivity contribution in [1.82, 2.24) is 5.32 Å². The lowest BCUT2D eigenvalue weighted by Crippen LogP contribution is -2.40. The molecule has 1 aliphatic rings. The third-order valence-electron chi connectivity index (χ3n) is 4.86. The largest absolute Gasteiger partial charge is 0.396 e. The van der Waals surface area contributed by atoms with Gasteiger partial charge in [0.15, 0.2) is 9.84 Å². The highest BCUT2D eigenvalue weighted by Gasteiger charge is 2.32. The van der Waals surface area contributed by atoms with Gasteiger partial charge in [-0.15, -0.1) is 0 Å². The summed E-state index contributed by atoms with van der Waals surface area (Å²) >= 11 is 0. The second kappa shape index (κ2) is 6.46. The number of aliphatic hydroxyl groups excluding tert-OH is 1. The fourth-order valence-electron chi connectivity index (χ4n) is 2.92. The van der Waals surface area contributed by atoms with E-state index < -0.39 is 9.84 Å². The summed E-state index contributed by atoms with van der Waals surface area (Å²) < 4.78 is 24.2. The van der Waals surface area contributed by atoms with Crippen LogP contribution in [-0.4, -0.2) is 32.4 Å². The van der Waals surface area contributed by atoms with E-state index in [1.807, 2.05) is 12.1 Å². The highest BCUT2D eigenvalue weighted by molar-refractivity contribution is 7.91. The Bertz CT molecular complexity index is 571. The summed E-state index contributed by atoms with van der Waals surface area (Å²) in [5, 5.41) is 13.1. The molecule has 0 spiro atoms. The van der Waals surface area contributed by atoms with Crippen molar-refractivity contribution in [2.75, 3.05) is 18.9 Å². The molecule has 0 saturated heterocycles. The van der Waals surface area contributed by atoms with Crippen LogP contribution < -0.4 is 5.32 Å². The van der Waals surface area contributed by atoms with E-state index in [1.165, 1.54) is 0 Å². The van der Waals surface area contributed by atoms with Crippen molar-refractivity contribution in [2.24, 2.45) is 5.41 Å². The Labute approximate surface area is 127 Å². The summed E-state index contributed by atoms with van der Waals surface area (Å²) in [5.41, 5.74) is 0.744. The van der Waals surface area contributed by atoms with Gasteiger partial charge in [-0.25, -0.2) is 8.42 Å². The molecule has 4 nitrogen and oxygen atoms in total. The normalized spacial score (nSPS) is 21.0. The summed E-state index contributed by atoms with van der Waals surface area (Å²) in [6.07, 6.45) is 2.40. The topological polar surface area (TPSA) is 66.4 Å². The van der Waals surface area contributed by atoms with E-state index in [0.717, 1.165) is 18.4 Å². The van der Waals surface area contributed by atoms with E-state index in [2.05, 4.69) is 19.2 Å². The SMILES string of the molecule is CCC(CC)(CO)CNC1CCS(=O)(=O)c2ccccc21. The van der Waals surface area contributed by atoms with Crippen LogP contribution in [0.2, 0.25) is 0 Å². The fourth-order valence-corrected chi connectivity index (χ4v) is 4.54. The van der Waals surface area contributed by atoms with E-state index in [1.54, 1.807) is 12.1 Å². The lowest BCUT2D eigenvalue weighted by molar-refractivity contribution is 0.109. The molecule has 1 heterocycles. The number of benzene rings is 1. The highest BCUT2D eigenvalue weighted by Crippen LogP contribution is 2.33. The van der Waals surface area contributed by atoms with Gasteiger partial charge >= 0.3 is 0 Å². The zero-order valence-corrected chi connectivity index (χ0v) is 13.6. The molecule has 0 aliphatic carbocycles. The van der Waals surface area contributed by atoms with Crippen LogP contribution in [0.3, 0.4) is 0 Å². The smallest absolute Gasteiger partial charge is 0.178 e. The number of aliphatic hydroxyl groups is 1. The Morgan fingerprint density at radius 1 is 1.29 bits per heavy atom. The number of hydrogen-bond acceptors (Lipinski definition) is 4. The van der Waals surface area contributed by atoms with Gasteiger partial charge in [0.1, 0.15) is 0 Å². The van der Waals surface area contributed by atoms with E-state index in [9.17, 15) is 13.5 Å². The van der Waals surface area contributed by atoms with Crippen LogP contribution in [0.15, 0.2) is 29.2 Å². The standard InChI is InChI=1S/C16H25NO3S/c1-3-16(4-2,12-18)11-17-14-9-10-21(19,20)15-8-6-5-7-13(14)15/h5-8,14,17-18H,3-4,9-12H2,1-2H3. The first kappa shape index (κ1) is 16.5. The number of rotatable bonds is 6. The number of nitrogens with one attached hydrogen (secondary N) is 1. The summed E-state index contributed by atoms with van der Waals surface area (Å²) in [5.74, 6) is 0.187.